The molecule has 1 aliphatic rings. The van der Waals surface area contributed by atoms with E-state index in [1.165, 1.54) is 12.1 Å². The zero-order chi connectivity index (χ0) is 15.5. The molecule has 0 radical (unpaired) electrons. The van der Waals surface area contributed by atoms with Crippen LogP contribution in [0.25, 0.3) is 0 Å². The standard InChI is InChI=1S/C17H20FN3O/c1-2-20(17(22)14-5-6-14)12-16-19-9-10-21(16)11-13-3-7-15(18)8-4-13/h3-4,7-10,14H,2,5-6,11-12H2,1H3. The summed E-state index contributed by atoms with van der Waals surface area (Å²) in [5.74, 6) is 1.08. The van der Waals surface area contributed by atoms with E-state index < -0.39 is 0 Å². The van der Waals surface area contributed by atoms with E-state index in [9.17, 15) is 9.18 Å². The summed E-state index contributed by atoms with van der Waals surface area (Å²) in [4.78, 5) is 18.5. The molecule has 0 unspecified atom stereocenters. The highest BCUT2D eigenvalue weighted by Gasteiger charge is 2.33. The predicted molar refractivity (Wildman–Crippen MR) is 81.5 cm³/mol. The normalized spacial score (nSPS) is 14.1. The fraction of sp³-hybridized carbons (Fsp3) is 0.412. The summed E-state index contributed by atoms with van der Waals surface area (Å²) in [6.07, 6.45) is 5.67. The minimum Gasteiger partial charge on any atom is -0.335 e. The maximum absolute atomic E-state index is 13.0. The second-order valence-corrected chi connectivity index (χ2v) is 5.72. The zero-order valence-corrected chi connectivity index (χ0v) is 12.7. The van der Waals surface area contributed by atoms with Gasteiger partial charge in [0.05, 0.1) is 6.54 Å². The number of imidazole rings is 1. The van der Waals surface area contributed by atoms with Crippen LogP contribution in [-0.2, 0) is 17.9 Å². The molecule has 1 saturated carbocycles. The molecule has 3 rings (SSSR count). The summed E-state index contributed by atoms with van der Waals surface area (Å²) in [6.45, 7) is 3.84. The number of hydrogen-bond donors (Lipinski definition) is 0. The Morgan fingerprint density at radius 3 is 2.73 bits per heavy atom. The third-order valence-electron chi connectivity index (χ3n) is 4.02. The Balaban J connectivity index is 1.70. The van der Waals surface area contributed by atoms with Gasteiger partial charge in [-0.3, -0.25) is 4.79 Å². The van der Waals surface area contributed by atoms with Crippen molar-refractivity contribution in [1.82, 2.24) is 14.5 Å². The van der Waals surface area contributed by atoms with Gasteiger partial charge in [-0.25, -0.2) is 9.37 Å². The number of benzene rings is 1. The lowest BCUT2D eigenvalue weighted by atomic mass is 10.2. The number of carbonyl (C=O) groups is 1. The van der Waals surface area contributed by atoms with Crippen LogP contribution < -0.4 is 0 Å². The molecule has 1 aliphatic carbocycles. The van der Waals surface area contributed by atoms with Gasteiger partial charge in [-0.15, -0.1) is 0 Å². The van der Waals surface area contributed by atoms with Gasteiger partial charge in [0.15, 0.2) is 0 Å². The average Bonchev–Trinajstić information content (AvgIpc) is 3.29. The maximum atomic E-state index is 13.0. The van der Waals surface area contributed by atoms with Gasteiger partial charge < -0.3 is 9.47 Å². The van der Waals surface area contributed by atoms with Crippen molar-refractivity contribution in [1.29, 1.82) is 0 Å². The lowest BCUT2D eigenvalue weighted by Crippen LogP contribution is -2.32. The highest BCUT2D eigenvalue weighted by molar-refractivity contribution is 5.80. The van der Waals surface area contributed by atoms with E-state index >= 15 is 0 Å². The van der Waals surface area contributed by atoms with Gasteiger partial charge in [-0.2, -0.15) is 0 Å². The summed E-state index contributed by atoms with van der Waals surface area (Å²) in [5, 5.41) is 0. The van der Waals surface area contributed by atoms with E-state index in [-0.39, 0.29) is 17.6 Å². The van der Waals surface area contributed by atoms with Crippen LogP contribution in [0.5, 0.6) is 0 Å². The first-order chi connectivity index (χ1) is 10.7. The van der Waals surface area contributed by atoms with Crippen molar-refractivity contribution in [2.75, 3.05) is 6.54 Å². The monoisotopic (exact) mass is 301 g/mol. The fourth-order valence-electron chi connectivity index (χ4n) is 2.53. The minimum absolute atomic E-state index is 0.223. The van der Waals surface area contributed by atoms with Crippen LogP contribution in [0, 0.1) is 11.7 Å². The Bertz CT molecular complexity index is 646. The largest absolute Gasteiger partial charge is 0.335 e. The molecule has 22 heavy (non-hydrogen) atoms. The van der Waals surface area contributed by atoms with Crippen molar-refractivity contribution < 1.29 is 9.18 Å². The molecule has 1 heterocycles. The molecular weight excluding hydrogens is 281 g/mol. The van der Waals surface area contributed by atoms with Crippen molar-refractivity contribution in [3.63, 3.8) is 0 Å². The summed E-state index contributed by atoms with van der Waals surface area (Å²) in [6, 6.07) is 6.46. The molecule has 116 valence electrons. The van der Waals surface area contributed by atoms with Crippen LogP contribution in [0.4, 0.5) is 4.39 Å². The van der Waals surface area contributed by atoms with E-state index in [0.717, 1.165) is 24.2 Å². The zero-order valence-electron chi connectivity index (χ0n) is 12.7. The second kappa shape index (κ2) is 6.30. The average molecular weight is 301 g/mol. The van der Waals surface area contributed by atoms with Crippen molar-refractivity contribution in [2.45, 2.75) is 32.9 Å². The molecule has 0 atom stereocenters. The molecule has 4 nitrogen and oxygen atoms in total. The lowest BCUT2D eigenvalue weighted by Gasteiger charge is -2.21. The second-order valence-electron chi connectivity index (χ2n) is 5.72. The van der Waals surface area contributed by atoms with Gasteiger partial charge in [0.1, 0.15) is 11.6 Å². The number of halogens is 1. The summed E-state index contributed by atoms with van der Waals surface area (Å²) < 4.78 is 15.0. The van der Waals surface area contributed by atoms with Gasteiger partial charge in [0.25, 0.3) is 0 Å². The van der Waals surface area contributed by atoms with Gasteiger partial charge in [-0.05, 0) is 37.5 Å². The van der Waals surface area contributed by atoms with Gasteiger partial charge in [0, 0.05) is 31.4 Å². The van der Waals surface area contributed by atoms with Crippen molar-refractivity contribution in [3.8, 4) is 0 Å². The van der Waals surface area contributed by atoms with Crippen LogP contribution in [0.15, 0.2) is 36.7 Å². The quantitative estimate of drug-likeness (QED) is 0.823. The highest BCUT2D eigenvalue weighted by Crippen LogP contribution is 2.31. The predicted octanol–water partition coefficient (Wildman–Crippen LogP) is 2.83. The SMILES string of the molecule is CCN(Cc1nccn1Cc1ccc(F)cc1)C(=O)C1CC1. The number of nitrogens with zero attached hydrogens (tertiary/aromatic N) is 3. The Morgan fingerprint density at radius 1 is 1.36 bits per heavy atom. The van der Waals surface area contributed by atoms with Crippen molar-refractivity contribution >= 4 is 5.91 Å². The van der Waals surface area contributed by atoms with Crippen LogP contribution >= 0.6 is 0 Å². The Labute approximate surface area is 129 Å². The van der Waals surface area contributed by atoms with E-state index in [1.807, 2.05) is 22.6 Å². The molecule has 5 heteroatoms. The molecule has 0 saturated heterocycles. The molecule has 1 amide bonds. The van der Waals surface area contributed by atoms with E-state index in [4.69, 9.17) is 0 Å². The first kappa shape index (κ1) is 14.8. The number of rotatable bonds is 6. The van der Waals surface area contributed by atoms with Gasteiger partial charge in [-0.1, -0.05) is 12.1 Å². The number of carbonyl (C=O) groups excluding carboxylic acids is 1. The first-order valence-corrected chi connectivity index (χ1v) is 7.70. The molecule has 0 N–H and O–H groups in total. The number of amides is 1. The highest BCUT2D eigenvalue weighted by atomic mass is 19.1. The van der Waals surface area contributed by atoms with E-state index in [1.54, 1.807) is 18.3 Å². The van der Waals surface area contributed by atoms with Crippen LogP contribution in [-0.4, -0.2) is 26.9 Å². The minimum atomic E-state index is -0.234. The van der Waals surface area contributed by atoms with Crippen molar-refractivity contribution in [3.05, 3.63) is 53.9 Å². The van der Waals surface area contributed by atoms with Crippen LogP contribution in [0.1, 0.15) is 31.2 Å². The fourth-order valence-corrected chi connectivity index (χ4v) is 2.53. The lowest BCUT2D eigenvalue weighted by molar-refractivity contribution is -0.133. The van der Waals surface area contributed by atoms with Crippen molar-refractivity contribution in [2.24, 2.45) is 5.92 Å². The Morgan fingerprint density at radius 2 is 2.09 bits per heavy atom. The van der Waals surface area contributed by atoms with Crippen LogP contribution in [0.2, 0.25) is 0 Å². The summed E-state index contributed by atoms with van der Waals surface area (Å²) in [5.41, 5.74) is 1.01. The van der Waals surface area contributed by atoms with Gasteiger partial charge in [0.2, 0.25) is 5.91 Å². The molecule has 1 aromatic heterocycles. The summed E-state index contributed by atoms with van der Waals surface area (Å²) >= 11 is 0. The molecule has 1 fully saturated rings. The van der Waals surface area contributed by atoms with E-state index in [2.05, 4.69) is 4.98 Å². The molecular formula is C17H20FN3O. The molecule has 1 aromatic carbocycles. The molecule has 0 bridgehead atoms. The molecule has 0 spiro atoms. The molecule has 0 aliphatic heterocycles. The third kappa shape index (κ3) is 3.35. The summed E-state index contributed by atoms with van der Waals surface area (Å²) in [7, 11) is 0. The van der Waals surface area contributed by atoms with Crippen LogP contribution in [0.3, 0.4) is 0 Å². The van der Waals surface area contributed by atoms with Gasteiger partial charge >= 0.3 is 0 Å². The third-order valence-corrected chi connectivity index (χ3v) is 4.02. The first-order valence-electron chi connectivity index (χ1n) is 7.70. The Kier molecular flexibility index (Phi) is 4.22. The maximum Gasteiger partial charge on any atom is 0.226 e. The Hall–Kier alpha value is -2.17. The topological polar surface area (TPSA) is 38.1 Å². The smallest absolute Gasteiger partial charge is 0.226 e. The number of hydrogen-bond acceptors (Lipinski definition) is 2. The molecule has 2 aromatic rings. The number of aromatic nitrogens is 2. The van der Waals surface area contributed by atoms with E-state index in [0.29, 0.717) is 19.6 Å².